The number of allylic oxidation sites excluding steroid dienone is 2. The molecular formula is C29H38F2O. The third-order valence-electron chi connectivity index (χ3n) is 6.69. The van der Waals surface area contributed by atoms with Crippen LogP contribution >= 0.6 is 0 Å². The lowest BCUT2D eigenvalue weighted by Gasteiger charge is -2.27. The highest BCUT2D eigenvalue weighted by Crippen LogP contribution is 2.39. The zero-order valence-corrected chi connectivity index (χ0v) is 19.7. The average molecular weight is 441 g/mol. The second-order valence-electron chi connectivity index (χ2n) is 9.07. The van der Waals surface area contributed by atoms with Gasteiger partial charge in [-0.3, -0.25) is 0 Å². The summed E-state index contributed by atoms with van der Waals surface area (Å²) >= 11 is 0. The second-order valence-corrected chi connectivity index (χ2v) is 9.07. The van der Waals surface area contributed by atoms with Crippen LogP contribution in [0.1, 0.15) is 87.8 Å². The Labute approximate surface area is 192 Å². The van der Waals surface area contributed by atoms with E-state index in [0.29, 0.717) is 18.1 Å². The summed E-state index contributed by atoms with van der Waals surface area (Å²) in [7, 11) is 0. The number of benzene rings is 2. The summed E-state index contributed by atoms with van der Waals surface area (Å²) in [6.45, 7) is 4.34. The number of hydrogen-bond acceptors (Lipinski definition) is 1. The van der Waals surface area contributed by atoms with Crippen LogP contribution in [0.3, 0.4) is 0 Å². The van der Waals surface area contributed by atoms with Gasteiger partial charge in [-0.15, -0.1) is 0 Å². The SMILES string of the molecule is CCCCCc1ccc(CCC=CC2CCC(c3ccc(OCC)c(F)c3F)CC2)cc1. The van der Waals surface area contributed by atoms with E-state index < -0.39 is 11.6 Å². The number of unbranched alkanes of at least 4 members (excludes halogenated alkanes) is 2. The van der Waals surface area contributed by atoms with E-state index in [1.54, 1.807) is 19.1 Å². The molecule has 3 heteroatoms. The maximum absolute atomic E-state index is 14.5. The van der Waals surface area contributed by atoms with Crippen molar-refractivity contribution in [1.82, 2.24) is 0 Å². The van der Waals surface area contributed by atoms with Gasteiger partial charge in [-0.25, -0.2) is 4.39 Å². The minimum absolute atomic E-state index is 0.0107. The number of rotatable bonds is 11. The molecule has 174 valence electrons. The maximum Gasteiger partial charge on any atom is 0.200 e. The van der Waals surface area contributed by atoms with Crippen molar-refractivity contribution in [3.05, 3.63) is 76.9 Å². The molecule has 1 aliphatic rings. The van der Waals surface area contributed by atoms with E-state index in [9.17, 15) is 8.78 Å². The molecule has 0 bridgehead atoms. The van der Waals surface area contributed by atoms with Crippen molar-refractivity contribution >= 4 is 0 Å². The van der Waals surface area contributed by atoms with Crippen molar-refractivity contribution < 1.29 is 13.5 Å². The van der Waals surface area contributed by atoms with Gasteiger partial charge in [0.25, 0.3) is 0 Å². The summed E-state index contributed by atoms with van der Waals surface area (Å²) in [6, 6.07) is 12.4. The number of aryl methyl sites for hydroxylation is 2. The first kappa shape index (κ1) is 24.5. The van der Waals surface area contributed by atoms with Crippen molar-refractivity contribution in [2.24, 2.45) is 5.92 Å². The highest BCUT2D eigenvalue weighted by Gasteiger charge is 2.25. The van der Waals surface area contributed by atoms with Crippen molar-refractivity contribution in [3.8, 4) is 5.75 Å². The molecule has 0 saturated heterocycles. The number of ether oxygens (including phenoxy) is 1. The van der Waals surface area contributed by atoms with Crippen LogP contribution in [0.5, 0.6) is 5.75 Å². The summed E-state index contributed by atoms with van der Waals surface area (Å²) in [4.78, 5) is 0. The van der Waals surface area contributed by atoms with Crippen LogP contribution in [-0.4, -0.2) is 6.61 Å². The summed E-state index contributed by atoms with van der Waals surface area (Å²) in [5, 5.41) is 0. The minimum Gasteiger partial charge on any atom is -0.491 e. The molecule has 1 nitrogen and oxygen atoms in total. The zero-order chi connectivity index (χ0) is 22.8. The van der Waals surface area contributed by atoms with Gasteiger partial charge in [-0.2, -0.15) is 4.39 Å². The van der Waals surface area contributed by atoms with Crippen LogP contribution in [0.2, 0.25) is 0 Å². The van der Waals surface area contributed by atoms with Crippen molar-refractivity contribution in [2.45, 2.75) is 84.0 Å². The first-order valence-electron chi connectivity index (χ1n) is 12.5. The molecule has 3 rings (SSSR count). The lowest BCUT2D eigenvalue weighted by atomic mass is 9.78. The highest BCUT2D eigenvalue weighted by atomic mass is 19.2. The highest BCUT2D eigenvalue weighted by molar-refractivity contribution is 5.33. The molecule has 1 fully saturated rings. The second kappa shape index (κ2) is 12.8. The molecule has 0 radical (unpaired) electrons. The van der Waals surface area contributed by atoms with E-state index >= 15 is 0 Å². The molecule has 0 amide bonds. The molecular weight excluding hydrogens is 402 g/mol. The Kier molecular flexibility index (Phi) is 9.77. The minimum atomic E-state index is -0.847. The third kappa shape index (κ3) is 6.92. The summed E-state index contributed by atoms with van der Waals surface area (Å²) < 4.78 is 33.9. The largest absolute Gasteiger partial charge is 0.491 e. The van der Waals surface area contributed by atoms with E-state index in [0.717, 1.165) is 38.5 Å². The fourth-order valence-corrected chi connectivity index (χ4v) is 4.74. The van der Waals surface area contributed by atoms with Crippen molar-refractivity contribution in [3.63, 3.8) is 0 Å². The zero-order valence-electron chi connectivity index (χ0n) is 19.7. The van der Waals surface area contributed by atoms with Gasteiger partial charge in [0.15, 0.2) is 11.6 Å². The molecule has 2 aromatic carbocycles. The van der Waals surface area contributed by atoms with Crippen LogP contribution < -0.4 is 4.74 Å². The molecule has 0 aromatic heterocycles. The Morgan fingerprint density at radius 1 is 0.844 bits per heavy atom. The standard InChI is InChI=1S/C29H38F2O/c1-3-5-6-9-22-12-14-23(15-13-22)10-7-8-11-24-16-18-25(19-17-24)26-20-21-27(32-4-2)29(31)28(26)30/h8,11-15,20-21,24-25H,3-7,9-10,16-19H2,1-2H3. The molecule has 1 aliphatic carbocycles. The van der Waals surface area contributed by atoms with Gasteiger partial charge in [0.1, 0.15) is 0 Å². The predicted molar refractivity (Wildman–Crippen MR) is 129 cm³/mol. The summed E-state index contributed by atoms with van der Waals surface area (Å²) in [5.74, 6) is -0.924. The van der Waals surface area contributed by atoms with Crippen molar-refractivity contribution in [2.75, 3.05) is 6.61 Å². The first-order valence-corrected chi connectivity index (χ1v) is 12.5. The molecule has 2 aromatic rings. The third-order valence-corrected chi connectivity index (χ3v) is 6.69. The van der Waals surface area contributed by atoms with E-state index in [1.165, 1.54) is 36.8 Å². The first-order chi connectivity index (χ1) is 15.6. The van der Waals surface area contributed by atoms with Crippen LogP contribution in [0.25, 0.3) is 0 Å². The van der Waals surface area contributed by atoms with E-state index in [4.69, 9.17) is 4.74 Å². The Balaban J connectivity index is 1.42. The molecule has 0 spiro atoms. The molecule has 0 N–H and O–H groups in total. The Bertz CT molecular complexity index is 848. The van der Waals surface area contributed by atoms with E-state index in [1.807, 2.05) is 0 Å². The number of halogens is 2. The topological polar surface area (TPSA) is 9.23 Å². The Hall–Kier alpha value is -2.16. The van der Waals surface area contributed by atoms with Crippen LogP contribution in [-0.2, 0) is 12.8 Å². The normalized spacial score (nSPS) is 18.9. The fraction of sp³-hybridized carbons (Fsp3) is 0.517. The average Bonchev–Trinajstić information content (AvgIpc) is 2.82. The predicted octanol–water partition coefficient (Wildman–Crippen LogP) is 8.56. The van der Waals surface area contributed by atoms with Gasteiger partial charge in [-0.1, -0.05) is 62.2 Å². The van der Waals surface area contributed by atoms with Gasteiger partial charge in [0.05, 0.1) is 6.61 Å². The monoisotopic (exact) mass is 440 g/mol. The smallest absolute Gasteiger partial charge is 0.200 e. The molecule has 0 atom stereocenters. The number of hydrogen-bond donors (Lipinski definition) is 0. The quantitative estimate of drug-likeness (QED) is 0.251. The fourth-order valence-electron chi connectivity index (χ4n) is 4.74. The van der Waals surface area contributed by atoms with Crippen LogP contribution in [0, 0.1) is 17.6 Å². The molecule has 0 unspecified atom stereocenters. The molecule has 1 saturated carbocycles. The van der Waals surface area contributed by atoms with Crippen LogP contribution in [0.4, 0.5) is 8.78 Å². The maximum atomic E-state index is 14.5. The molecule has 32 heavy (non-hydrogen) atoms. The van der Waals surface area contributed by atoms with Gasteiger partial charge in [-0.05, 0) is 92.9 Å². The summed E-state index contributed by atoms with van der Waals surface area (Å²) in [5.41, 5.74) is 3.34. The Morgan fingerprint density at radius 2 is 1.53 bits per heavy atom. The summed E-state index contributed by atoms with van der Waals surface area (Å²) in [6.07, 6.45) is 15.7. The van der Waals surface area contributed by atoms with Gasteiger partial charge in [0, 0.05) is 0 Å². The van der Waals surface area contributed by atoms with Gasteiger partial charge < -0.3 is 4.74 Å². The molecule has 0 heterocycles. The van der Waals surface area contributed by atoms with Gasteiger partial charge in [0.2, 0.25) is 5.82 Å². The van der Waals surface area contributed by atoms with Crippen molar-refractivity contribution in [1.29, 1.82) is 0 Å². The van der Waals surface area contributed by atoms with Crippen LogP contribution in [0.15, 0.2) is 48.6 Å². The van der Waals surface area contributed by atoms with E-state index in [-0.39, 0.29) is 11.7 Å². The van der Waals surface area contributed by atoms with E-state index in [2.05, 4.69) is 43.3 Å². The van der Waals surface area contributed by atoms with Gasteiger partial charge >= 0.3 is 0 Å². The Morgan fingerprint density at radius 3 is 2.19 bits per heavy atom. The molecule has 0 aliphatic heterocycles. The lowest BCUT2D eigenvalue weighted by Crippen LogP contribution is -2.14. The lowest BCUT2D eigenvalue weighted by molar-refractivity contribution is 0.310.